The van der Waals surface area contributed by atoms with Crippen molar-refractivity contribution in [2.24, 2.45) is 0 Å². The lowest BCUT2D eigenvalue weighted by Crippen LogP contribution is -2.46. The van der Waals surface area contributed by atoms with Crippen molar-refractivity contribution in [3.63, 3.8) is 0 Å². The van der Waals surface area contributed by atoms with Gasteiger partial charge in [0.15, 0.2) is 5.82 Å². The number of anilines is 2. The number of nitrogen functional groups attached to an aromatic ring is 1. The number of pyridine rings is 1. The van der Waals surface area contributed by atoms with Crippen LogP contribution >= 0.6 is 0 Å². The van der Waals surface area contributed by atoms with Gasteiger partial charge in [0.1, 0.15) is 17.0 Å². The second-order valence-electron chi connectivity index (χ2n) is 7.05. The molecule has 4 rings (SSSR count). The van der Waals surface area contributed by atoms with E-state index in [1.165, 1.54) is 6.07 Å². The smallest absolute Gasteiger partial charge is 0.270 e. The number of hydrogen-bond acceptors (Lipinski definition) is 6. The minimum Gasteiger partial charge on any atom is -0.397 e. The molecule has 3 N–H and O–H groups in total. The molecular weight excluding hydrogens is 359 g/mol. The lowest BCUT2D eigenvalue weighted by molar-refractivity contribution is 0.249. The number of halogens is 1. The van der Waals surface area contributed by atoms with Gasteiger partial charge < -0.3 is 15.6 Å². The maximum absolute atomic E-state index is 14.5. The average molecular weight is 382 g/mol. The minimum absolute atomic E-state index is 0.222. The molecule has 28 heavy (non-hydrogen) atoms. The molecule has 1 aromatic carbocycles. The molecule has 1 aliphatic heterocycles. The summed E-state index contributed by atoms with van der Waals surface area (Å²) in [5, 5.41) is 0. The SMILES string of the molecule is CCc1nc2c(F)cc(CN3CCN(c4ccc(N)cn4)CC3)cc2[nH]c1=O. The third-order valence-electron chi connectivity index (χ3n) is 5.09. The maximum atomic E-state index is 14.5. The Morgan fingerprint density at radius 1 is 1.21 bits per heavy atom. The molecule has 3 heterocycles. The lowest BCUT2D eigenvalue weighted by atomic mass is 10.1. The largest absolute Gasteiger partial charge is 0.397 e. The Hall–Kier alpha value is -3.00. The number of piperazine rings is 1. The zero-order valence-electron chi connectivity index (χ0n) is 15.8. The van der Waals surface area contributed by atoms with Crippen LogP contribution in [-0.4, -0.2) is 46.0 Å². The number of aromatic amines is 1. The Labute approximate surface area is 162 Å². The van der Waals surface area contributed by atoms with Crippen molar-refractivity contribution in [3.8, 4) is 0 Å². The molecule has 146 valence electrons. The van der Waals surface area contributed by atoms with Crippen molar-refractivity contribution in [2.45, 2.75) is 19.9 Å². The highest BCUT2D eigenvalue weighted by molar-refractivity contribution is 5.75. The molecule has 0 saturated carbocycles. The monoisotopic (exact) mass is 382 g/mol. The topological polar surface area (TPSA) is 91.1 Å². The molecule has 0 atom stereocenters. The van der Waals surface area contributed by atoms with E-state index in [4.69, 9.17) is 5.73 Å². The zero-order chi connectivity index (χ0) is 19.7. The van der Waals surface area contributed by atoms with Crippen LogP contribution in [0.25, 0.3) is 11.0 Å². The van der Waals surface area contributed by atoms with Gasteiger partial charge in [0, 0.05) is 32.7 Å². The van der Waals surface area contributed by atoms with Gasteiger partial charge in [0.05, 0.1) is 17.4 Å². The van der Waals surface area contributed by atoms with Crippen molar-refractivity contribution < 1.29 is 4.39 Å². The van der Waals surface area contributed by atoms with Crippen LogP contribution in [0.3, 0.4) is 0 Å². The summed E-state index contributed by atoms with van der Waals surface area (Å²) in [6, 6.07) is 7.12. The van der Waals surface area contributed by atoms with Crippen molar-refractivity contribution in [1.82, 2.24) is 19.9 Å². The fourth-order valence-electron chi connectivity index (χ4n) is 3.55. The molecule has 1 aliphatic rings. The number of hydrogen-bond donors (Lipinski definition) is 2. The van der Waals surface area contributed by atoms with Crippen molar-refractivity contribution >= 4 is 22.5 Å². The van der Waals surface area contributed by atoms with Crippen LogP contribution in [-0.2, 0) is 13.0 Å². The maximum Gasteiger partial charge on any atom is 0.270 e. The molecule has 0 radical (unpaired) electrons. The Bertz CT molecular complexity index is 1040. The first-order valence-corrected chi connectivity index (χ1v) is 9.43. The first kappa shape index (κ1) is 18.4. The number of nitrogens with two attached hydrogens (primary N) is 1. The predicted octanol–water partition coefficient (Wildman–Crippen LogP) is 1.92. The Morgan fingerprint density at radius 3 is 2.68 bits per heavy atom. The molecule has 0 unspecified atom stereocenters. The van der Waals surface area contributed by atoms with Crippen LogP contribution in [0, 0.1) is 5.82 Å². The van der Waals surface area contributed by atoms with Gasteiger partial charge in [-0.2, -0.15) is 0 Å². The van der Waals surface area contributed by atoms with E-state index in [0.29, 0.717) is 29.9 Å². The standard InChI is InChI=1S/C20H23FN6O/c1-2-16-20(28)25-17-10-13(9-15(21)19(17)24-16)12-26-5-7-27(8-6-26)18-4-3-14(22)11-23-18/h3-4,9-11H,2,5-8,12,22H2,1H3,(H,25,28). The van der Waals surface area contributed by atoms with Gasteiger partial charge in [-0.25, -0.2) is 14.4 Å². The summed E-state index contributed by atoms with van der Waals surface area (Å²) in [4.78, 5) is 27.8. The number of fused-ring (bicyclic) bond motifs is 1. The van der Waals surface area contributed by atoms with Crippen molar-refractivity contribution in [3.05, 3.63) is 57.9 Å². The number of nitrogens with one attached hydrogen (secondary N) is 1. The lowest BCUT2D eigenvalue weighted by Gasteiger charge is -2.35. The second kappa shape index (κ2) is 7.55. The highest BCUT2D eigenvalue weighted by atomic mass is 19.1. The van der Waals surface area contributed by atoms with E-state index in [2.05, 4.69) is 24.8 Å². The van der Waals surface area contributed by atoms with Gasteiger partial charge in [-0.15, -0.1) is 0 Å². The first-order valence-electron chi connectivity index (χ1n) is 9.43. The average Bonchev–Trinajstić information content (AvgIpc) is 2.69. The normalized spacial score (nSPS) is 15.3. The molecular formula is C20H23FN6O. The van der Waals surface area contributed by atoms with E-state index in [9.17, 15) is 9.18 Å². The van der Waals surface area contributed by atoms with E-state index in [0.717, 1.165) is 37.6 Å². The van der Waals surface area contributed by atoms with E-state index in [1.807, 2.05) is 25.1 Å². The minimum atomic E-state index is -0.400. The highest BCUT2D eigenvalue weighted by Gasteiger charge is 2.19. The van der Waals surface area contributed by atoms with E-state index < -0.39 is 5.82 Å². The molecule has 1 fully saturated rings. The Kier molecular flexibility index (Phi) is 4.95. The quantitative estimate of drug-likeness (QED) is 0.716. The molecule has 0 bridgehead atoms. The van der Waals surface area contributed by atoms with Crippen LogP contribution in [0.15, 0.2) is 35.3 Å². The number of rotatable bonds is 4. The molecule has 8 heteroatoms. The summed E-state index contributed by atoms with van der Waals surface area (Å²) in [5.74, 6) is 0.518. The van der Waals surface area contributed by atoms with Gasteiger partial charge in [-0.3, -0.25) is 9.69 Å². The fourth-order valence-corrected chi connectivity index (χ4v) is 3.55. The fraction of sp³-hybridized carbons (Fsp3) is 0.350. The van der Waals surface area contributed by atoms with Gasteiger partial charge in [0.2, 0.25) is 0 Å². The number of H-pyrrole nitrogens is 1. The Balaban J connectivity index is 1.47. The second-order valence-corrected chi connectivity index (χ2v) is 7.05. The molecule has 3 aromatic rings. The Morgan fingerprint density at radius 2 is 2.00 bits per heavy atom. The molecule has 2 aromatic heterocycles. The molecule has 0 aliphatic carbocycles. The molecule has 0 spiro atoms. The predicted molar refractivity (Wildman–Crippen MR) is 108 cm³/mol. The summed E-state index contributed by atoms with van der Waals surface area (Å²) < 4.78 is 14.5. The molecule has 0 amide bonds. The third kappa shape index (κ3) is 3.68. The summed E-state index contributed by atoms with van der Waals surface area (Å²) in [6.45, 7) is 5.81. The zero-order valence-corrected chi connectivity index (χ0v) is 15.8. The van der Waals surface area contributed by atoms with E-state index in [-0.39, 0.29) is 11.1 Å². The van der Waals surface area contributed by atoms with Gasteiger partial charge in [0.25, 0.3) is 5.56 Å². The number of nitrogens with zero attached hydrogens (tertiary/aromatic N) is 4. The van der Waals surface area contributed by atoms with Crippen LogP contribution in [0.1, 0.15) is 18.2 Å². The summed E-state index contributed by atoms with van der Waals surface area (Å²) in [7, 11) is 0. The number of aryl methyl sites for hydroxylation is 1. The van der Waals surface area contributed by atoms with Crippen LogP contribution in [0.5, 0.6) is 0 Å². The molecule has 1 saturated heterocycles. The first-order chi connectivity index (χ1) is 13.5. The highest BCUT2D eigenvalue weighted by Crippen LogP contribution is 2.19. The summed E-state index contributed by atoms with van der Waals surface area (Å²) in [5.41, 5.74) is 7.94. The van der Waals surface area contributed by atoms with Crippen molar-refractivity contribution in [2.75, 3.05) is 36.8 Å². The van der Waals surface area contributed by atoms with E-state index in [1.54, 1.807) is 6.20 Å². The van der Waals surface area contributed by atoms with Crippen LogP contribution in [0.4, 0.5) is 15.9 Å². The van der Waals surface area contributed by atoms with Gasteiger partial charge in [-0.05, 0) is 36.2 Å². The number of aromatic nitrogens is 3. The van der Waals surface area contributed by atoms with Crippen molar-refractivity contribution in [1.29, 1.82) is 0 Å². The summed E-state index contributed by atoms with van der Waals surface area (Å²) >= 11 is 0. The number of benzene rings is 1. The summed E-state index contributed by atoms with van der Waals surface area (Å²) in [6.07, 6.45) is 2.14. The van der Waals surface area contributed by atoms with Gasteiger partial charge in [-0.1, -0.05) is 6.92 Å². The van der Waals surface area contributed by atoms with Crippen LogP contribution < -0.4 is 16.2 Å². The van der Waals surface area contributed by atoms with E-state index >= 15 is 0 Å². The molecule has 7 nitrogen and oxygen atoms in total. The van der Waals surface area contributed by atoms with Gasteiger partial charge >= 0.3 is 0 Å². The van der Waals surface area contributed by atoms with Crippen LogP contribution in [0.2, 0.25) is 0 Å². The third-order valence-corrected chi connectivity index (χ3v) is 5.09.